The number of nitrogen functional groups attached to an aromatic ring is 1. The zero-order chi connectivity index (χ0) is 24.7. The summed E-state index contributed by atoms with van der Waals surface area (Å²) in [7, 11) is 0. The molecule has 2 aliphatic carbocycles. The van der Waals surface area contributed by atoms with E-state index >= 15 is 0 Å². The van der Waals surface area contributed by atoms with E-state index in [4.69, 9.17) is 5.73 Å². The molecule has 3 atom stereocenters. The molecule has 2 aromatic heterocycles. The minimum atomic E-state index is -4.44. The van der Waals surface area contributed by atoms with Gasteiger partial charge in [-0.05, 0) is 80.0 Å². The third-order valence-corrected chi connectivity index (χ3v) is 7.74. The number of halogens is 3. The molecule has 0 radical (unpaired) electrons. The fourth-order valence-electron chi connectivity index (χ4n) is 5.78. The number of amides is 1. The fourth-order valence-corrected chi connectivity index (χ4v) is 5.78. The Bertz CT molecular complexity index is 1240. The second kappa shape index (κ2) is 9.13. The molecular formula is C27H29F3N4O. The summed E-state index contributed by atoms with van der Waals surface area (Å²) in [6.07, 6.45) is 3.00. The number of aryl methyl sites for hydroxylation is 1. The van der Waals surface area contributed by atoms with Gasteiger partial charge in [0, 0.05) is 23.2 Å². The lowest BCUT2D eigenvalue weighted by Gasteiger charge is -2.39. The molecule has 0 bridgehead atoms. The summed E-state index contributed by atoms with van der Waals surface area (Å²) in [4.78, 5) is 24.1. The molecule has 1 aromatic carbocycles. The van der Waals surface area contributed by atoms with E-state index < -0.39 is 11.7 Å². The topological polar surface area (TPSA) is 72.1 Å². The van der Waals surface area contributed by atoms with E-state index in [0.717, 1.165) is 48.4 Å². The molecule has 184 valence electrons. The van der Waals surface area contributed by atoms with E-state index in [1.165, 1.54) is 25.3 Å². The van der Waals surface area contributed by atoms with E-state index in [1.807, 2.05) is 24.0 Å². The van der Waals surface area contributed by atoms with Gasteiger partial charge in [-0.1, -0.05) is 19.3 Å². The molecule has 5 rings (SSSR count). The van der Waals surface area contributed by atoms with Crippen LogP contribution in [0.1, 0.15) is 65.7 Å². The first kappa shape index (κ1) is 23.6. The van der Waals surface area contributed by atoms with Gasteiger partial charge in [0.05, 0.1) is 23.3 Å². The fraction of sp³-hybridized carbons (Fsp3) is 0.444. The van der Waals surface area contributed by atoms with Crippen LogP contribution in [0.5, 0.6) is 0 Å². The normalized spacial score (nSPS) is 22.2. The quantitative estimate of drug-likeness (QED) is 0.484. The average Bonchev–Trinajstić information content (AvgIpc) is 3.30. The average molecular weight is 483 g/mol. The highest BCUT2D eigenvalue weighted by Gasteiger charge is 2.38. The van der Waals surface area contributed by atoms with Gasteiger partial charge in [0.15, 0.2) is 0 Å². The summed E-state index contributed by atoms with van der Waals surface area (Å²) in [6, 6.07) is 9.73. The summed E-state index contributed by atoms with van der Waals surface area (Å²) >= 11 is 0. The van der Waals surface area contributed by atoms with E-state index in [1.54, 1.807) is 12.1 Å². The molecule has 2 heterocycles. The predicted molar refractivity (Wildman–Crippen MR) is 128 cm³/mol. The van der Waals surface area contributed by atoms with Crippen molar-refractivity contribution in [1.29, 1.82) is 0 Å². The maximum absolute atomic E-state index is 13.8. The van der Waals surface area contributed by atoms with E-state index in [0.29, 0.717) is 28.5 Å². The zero-order valence-corrected chi connectivity index (χ0v) is 19.7. The van der Waals surface area contributed by atoms with Gasteiger partial charge in [0.1, 0.15) is 5.82 Å². The van der Waals surface area contributed by atoms with Gasteiger partial charge < -0.3 is 10.6 Å². The van der Waals surface area contributed by atoms with E-state index in [9.17, 15) is 18.0 Å². The highest BCUT2D eigenvalue weighted by atomic mass is 19.4. The Morgan fingerprint density at radius 2 is 1.89 bits per heavy atom. The van der Waals surface area contributed by atoms with Gasteiger partial charge in [0.2, 0.25) is 0 Å². The van der Waals surface area contributed by atoms with Gasteiger partial charge in [-0.3, -0.25) is 9.78 Å². The number of fused-ring (bicyclic) bond motifs is 2. The van der Waals surface area contributed by atoms with Gasteiger partial charge in [-0.15, -0.1) is 0 Å². The highest BCUT2D eigenvalue weighted by molar-refractivity contribution is 5.98. The summed E-state index contributed by atoms with van der Waals surface area (Å²) in [5, 5.41) is 0.828. The van der Waals surface area contributed by atoms with Crippen molar-refractivity contribution in [2.75, 3.05) is 5.73 Å². The number of rotatable bonds is 4. The molecule has 35 heavy (non-hydrogen) atoms. The van der Waals surface area contributed by atoms with Crippen LogP contribution < -0.4 is 5.73 Å². The third kappa shape index (κ3) is 4.83. The largest absolute Gasteiger partial charge is 0.417 e. The first-order valence-electron chi connectivity index (χ1n) is 12.2. The number of pyridine rings is 2. The van der Waals surface area contributed by atoms with Crippen LogP contribution in [0.25, 0.3) is 10.9 Å². The van der Waals surface area contributed by atoms with Crippen molar-refractivity contribution in [2.24, 2.45) is 11.8 Å². The van der Waals surface area contributed by atoms with Crippen LogP contribution >= 0.6 is 0 Å². The number of nitrogens with two attached hydrogens (primary N) is 1. The molecule has 8 heteroatoms. The number of carbonyl (C=O) groups is 1. The number of hydrogen-bond acceptors (Lipinski definition) is 4. The monoisotopic (exact) mass is 482 g/mol. The van der Waals surface area contributed by atoms with Crippen LogP contribution in [0.2, 0.25) is 0 Å². The predicted octanol–water partition coefficient (Wildman–Crippen LogP) is 6.15. The number of carbonyl (C=O) groups excluding carboxylic acids is 1. The van der Waals surface area contributed by atoms with E-state index in [2.05, 4.69) is 9.97 Å². The summed E-state index contributed by atoms with van der Waals surface area (Å²) in [5.74, 6) is 1.66. The van der Waals surface area contributed by atoms with Crippen molar-refractivity contribution in [3.05, 3.63) is 65.0 Å². The molecule has 0 spiro atoms. The lowest BCUT2D eigenvalue weighted by Crippen LogP contribution is -2.43. The third-order valence-electron chi connectivity index (χ3n) is 7.74. The lowest BCUT2D eigenvalue weighted by atomic mass is 9.78. The minimum Gasteiger partial charge on any atom is -0.383 e. The maximum atomic E-state index is 13.8. The lowest BCUT2D eigenvalue weighted by molar-refractivity contribution is -0.137. The van der Waals surface area contributed by atoms with Crippen LogP contribution in [-0.2, 0) is 12.7 Å². The molecule has 5 nitrogen and oxygen atoms in total. The van der Waals surface area contributed by atoms with Crippen LogP contribution in [0, 0.1) is 18.8 Å². The zero-order valence-electron chi connectivity index (χ0n) is 19.7. The molecular weight excluding hydrogens is 453 g/mol. The number of aromatic nitrogens is 2. The van der Waals surface area contributed by atoms with Crippen LogP contribution in [0.15, 0.2) is 42.6 Å². The molecule has 2 N–H and O–H groups in total. The van der Waals surface area contributed by atoms with Crippen LogP contribution in [0.4, 0.5) is 19.0 Å². The van der Waals surface area contributed by atoms with Crippen molar-refractivity contribution < 1.29 is 18.0 Å². The molecule has 2 fully saturated rings. The number of anilines is 1. The maximum Gasteiger partial charge on any atom is 0.417 e. The number of nitrogens with zero attached hydrogens (tertiary/aromatic N) is 3. The summed E-state index contributed by atoms with van der Waals surface area (Å²) < 4.78 is 39.0. The summed E-state index contributed by atoms with van der Waals surface area (Å²) in [5.41, 5.74) is 7.68. The molecule has 2 saturated carbocycles. The van der Waals surface area contributed by atoms with Crippen molar-refractivity contribution in [3.8, 4) is 0 Å². The SMILES string of the molecule is Cc1cc2cc(C(=O)N(Cc3ccc(C(F)(F)F)cn3)[C@H]3CC[C@@H]4CCC[C@H]4C3)ccc2nc1N. The molecule has 3 aromatic rings. The van der Waals surface area contributed by atoms with Gasteiger partial charge >= 0.3 is 6.18 Å². The Balaban J connectivity index is 1.46. The van der Waals surface area contributed by atoms with Crippen molar-refractivity contribution >= 4 is 22.6 Å². The number of benzene rings is 1. The Labute approximate surface area is 202 Å². The Kier molecular flexibility index (Phi) is 6.15. The Morgan fingerprint density at radius 1 is 1.09 bits per heavy atom. The number of hydrogen-bond donors (Lipinski definition) is 1. The van der Waals surface area contributed by atoms with Gasteiger partial charge in [0.25, 0.3) is 5.91 Å². The van der Waals surface area contributed by atoms with Gasteiger partial charge in [-0.2, -0.15) is 13.2 Å². The highest BCUT2D eigenvalue weighted by Crippen LogP contribution is 2.44. The summed E-state index contributed by atoms with van der Waals surface area (Å²) in [6.45, 7) is 2.05. The smallest absolute Gasteiger partial charge is 0.383 e. The Hall–Kier alpha value is -3.16. The first-order chi connectivity index (χ1) is 16.7. The molecule has 0 aliphatic heterocycles. The van der Waals surface area contributed by atoms with Crippen LogP contribution in [0.3, 0.4) is 0 Å². The van der Waals surface area contributed by atoms with Crippen LogP contribution in [-0.4, -0.2) is 26.8 Å². The molecule has 2 aliphatic rings. The standard InChI is InChI=1S/C27H29F3N4O/c1-16-11-20-12-19(6-10-24(20)33-25(16)31)26(35)34(23-9-5-17-3-2-4-18(17)13-23)15-22-8-7-21(14-32-22)27(28,29)30/h6-8,10-12,14,17-18,23H,2-5,9,13,15H2,1H3,(H2,31,33)/t17-,18-,23-/m0/s1. The second-order valence-corrected chi connectivity index (χ2v) is 9.98. The van der Waals surface area contributed by atoms with Crippen molar-refractivity contribution in [3.63, 3.8) is 0 Å². The number of alkyl halides is 3. The Morgan fingerprint density at radius 3 is 2.63 bits per heavy atom. The van der Waals surface area contributed by atoms with E-state index in [-0.39, 0.29) is 18.5 Å². The van der Waals surface area contributed by atoms with Crippen molar-refractivity contribution in [2.45, 2.75) is 64.2 Å². The molecule has 0 unspecified atom stereocenters. The first-order valence-corrected chi connectivity index (χ1v) is 12.2. The molecule has 1 amide bonds. The van der Waals surface area contributed by atoms with Crippen molar-refractivity contribution in [1.82, 2.24) is 14.9 Å². The molecule has 0 saturated heterocycles. The second-order valence-electron chi connectivity index (χ2n) is 9.98. The van der Waals surface area contributed by atoms with Gasteiger partial charge in [-0.25, -0.2) is 4.98 Å². The minimum absolute atomic E-state index is 0.0351.